The largest absolute Gasteiger partial charge is 0.462 e. The van der Waals surface area contributed by atoms with Crippen molar-refractivity contribution >= 4 is 5.97 Å². The molecule has 0 aromatic carbocycles. The van der Waals surface area contributed by atoms with Crippen LogP contribution in [0.1, 0.15) is 38.5 Å². The molecule has 0 spiro atoms. The van der Waals surface area contributed by atoms with Crippen molar-refractivity contribution in [1.29, 1.82) is 0 Å². The third-order valence-corrected chi connectivity index (χ3v) is 3.81. The minimum absolute atomic E-state index is 0.108. The van der Waals surface area contributed by atoms with E-state index in [4.69, 9.17) is 15.2 Å². The second-order valence-electron chi connectivity index (χ2n) is 4.93. The lowest BCUT2D eigenvalue weighted by Crippen LogP contribution is -2.38. The Balaban J connectivity index is 1.81. The normalized spacial score (nSPS) is 28.2. The van der Waals surface area contributed by atoms with Crippen LogP contribution in [0.15, 0.2) is 0 Å². The van der Waals surface area contributed by atoms with Crippen molar-refractivity contribution in [3.63, 3.8) is 0 Å². The van der Waals surface area contributed by atoms with Crippen molar-refractivity contribution in [3.05, 3.63) is 0 Å². The van der Waals surface area contributed by atoms with E-state index in [1.807, 2.05) is 0 Å². The van der Waals surface area contributed by atoms with Crippen LogP contribution in [0.4, 0.5) is 0 Å². The van der Waals surface area contributed by atoms with Crippen molar-refractivity contribution < 1.29 is 14.3 Å². The Kier molecular flexibility index (Phi) is 3.82. The molecule has 1 heterocycles. The van der Waals surface area contributed by atoms with Crippen LogP contribution in [0.2, 0.25) is 0 Å². The molecule has 4 nitrogen and oxygen atoms in total. The fourth-order valence-electron chi connectivity index (χ4n) is 2.64. The van der Waals surface area contributed by atoms with Crippen LogP contribution in [0.25, 0.3) is 0 Å². The van der Waals surface area contributed by atoms with Crippen molar-refractivity contribution in [2.24, 2.45) is 11.1 Å². The highest BCUT2D eigenvalue weighted by molar-refractivity contribution is 5.77. The molecule has 92 valence electrons. The van der Waals surface area contributed by atoms with Crippen LogP contribution in [0.3, 0.4) is 0 Å². The molecule has 1 atom stereocenters. The molecule has 2 aliphatic rings. The van der Waals surface area contributed by atoms with E-state index in [2.05, 4.69) is 0 Å². The first-order valence-corrected chi connectivity index (χ1v) is 6.26. The minimum atomic E-state index is -0.390. The summed E-state index contributed by atoms with van der Waals surface area (Å²) in [6.07, 6.45) is 6.13. The quantitative estimate of drug-likeness (QED) is 0.734. The molecule has 4 heteroatoms. The SMILES string of the molecule is NCC1(C(=O)OCC2CCCO2)CCCC1. The highest BCUT2D eigenvalue weighted by atomic mass is 16.6. The smallest absolute Gasteiger partial charge is 0.313 e. The van der Waals surface area contributed by atoms with Crippen LogP contribution >= 0.6 is 0 Å². The van der Waals surface area contributed by atoms with E-state index in [-0.39, 0.29) is 12.1 Å². The zero-order valence-electron chi connectivity index (χ0n) is 9.74. The molecule has 0 amide bonds. The molecule has 2 rings (SSSR count). The second-order valence-corrected chi connectivity index (χ2v) is 4.93. The summed E-state index contributed by atoms with van der Waals surface area (Å²) < 4.78 is 10.8. The molecule has 16 heavy (non-hydrogen) atoms. The lowest BCUT2D eigenvalue weighted by atomic mass is 9.86. The van der Waals surface area contributed by atoms with Crippen LogP contribution in [0.5, 0.6) is 0 Å². The molecule has 2 N–H and O–H groups in total. The Labute approximate surface area is 96.5 Å². The van der Waals surface area contributed by atoms with Crippen molar-refractivity contribution in [1.82, 2.24) is 0 Å². The van der Waals surface area contributed by atoms with Gasteiger partial charge in [-0.1, -0.05) is 12.8 Å². The van der Waals surface area contributed by atoms with Gasteiger partial charge in [-0.15, -0.1) is 0 Å². The summed E-state index contributed by atoms with van der Waals surface area (Å²) in [6, 6.07) is 0. The van der Waals surface area contributed by atoms with E-state index < -0.39 is 5.41 Å². The summed E-state index contributed by atoms with van der Waals surface area (Å²) >= 11 is 0. The standard InChI is InChI=1S/C12H21NO3/c13-9-12(5-1-2-6-12)11(14)16-8-10-4-3-7-15-10/h10H,1-9,13H2. The maximum absolute atomic E-state index is 12.0. The summed E-state index contributed by atoms with van der Waals surface area (Å²) in [6.45, 7) is 1.61. The number of nitrogens with two attached hydrogens (primary N) is 1. The predicted molar refractivity (Wildman–Crippen MR) is 59.9 cm³/mol. The number of ether oxygens (including phenoxy) is 2. The van der Waals surface area contributed by atoms with E-state index in [0.29, 0.717) is 13.2 Å². The highest BCUT2D eigenvalue weighted by Crippen LogP contribution is 2.38. The Morgan fingerprint density at radius 2 is 2.12 bits per heavy atom. The van der Waals surface area contributed by atoms with Gasteiger partial charge in [-0.2, -0.15) is 0 Å². The molecule has 0 aromatic heterocycles. The molecule has 2 fully saturated rings. The summed E-state index contributed by atoms with van der Waals surface area (Å²) in [5.41, 5.74) is 5.33. The number of esters is 1. The van der Waals surface area contributed by atoms with E-state index in [0.717, 1.165) is 45.1 Å². The van der Waals surface area contributed by atoms with Gasteiger partial charge in [-0.3, -0.25) is 4.79 Å². The maximum Gasteiger partial charge on any atom is 0.313 e. The average molecular weight is 227 g/mol. The number of hydrogen-bond acceptors (Lipinski definition) is 4. The average Bonchev–Trinajstić information content (AvgIpc) is 2.97. The molecular weight excluding hydrogens is 206 g/mol. The first-order chi connectivity index (χ1) is 7.77. The first-order valence-electron chi connectivity index (χ1n) is 6.26. The summed E-state index contributed by atoms with van der Waals surface area (Å²) in [5.74, 6) is -0.108. The van der Waals surface area contributed by atoms with Gasteiger partial charge in [0.25, 0.3) is 0 Å². The van der Waals surface area contributed by atoms with Crippen molar-refractivity contribution in [2.75, 3.05) is 19.8 Å². The minimum Gasteiger partial charge on any atom is -0.462 e. The van der Waals surface area contributed by atoms with Gasteiger partial charge >= 0.3 is 5.97 Å². The third-order valence-electron chi connectivity index (χ3n) is 3.81. The van der Waals surface area contributed by atoms with E-state index in [1.165, 1.54) is 0 Å². The number of rotatable bonds is 4. The Bertz CT molecular complexity index is 243. The lowest BCUT2D eigenvalue weighted by molar-refractivity contribution is -0.158. The van der Waals surface area contributed by atoms with Gasteiger partial charge in [0.2, 0.25) is 0 Å². The van der Waals surface area contributed by atoms with Gasteiger partial charge < -0.3 is 15.2 Å². The van der Waals surface area contributed by atoms with E-state index >= 15 is 0 Å². The zero-order valence-corrected chi connectivity index (χ0v) is 9.74. The van der Waals surface area contributed by atoms with Crippen LogP contribution in [0, 0.1) is 5.41 Å². The lowest BCUT2D eigenvalue weighted by Gasteiger charge is -2.25. The first kappa shape index (κ1) is 11.9. The van der Waals surface area contributed by atoms with Crippen LogP contribution in [-0.4, -0.2) is 31.8 Å². The second kappa shape index (κ2) is 5.15. The Morgan fingerprint density at radius 1 is 1.38 bits per heavy atom. The van der Waals surface area contributed by atoms with Gasteiger partial charge in [-0.05, 0) is 25.7 Å². The molecule has 1 saturated heterocycles. The number of hydrogen-bond donors (Lipinski definition) is 1. The van der Waals surface area contributed by atoms with Gasteiger partial charge in [0.15, 0.2) is 0 Å². The molecule has 1 saturated carbocycles. The molecule has 1 aliphatic heterocycles. The molecule has 1 unspecified atom stereocenters. The monoisotopic (exact) mass is 227 g/mol. The Morgan fingerprint density at radius 3 is 2.69 bits per heavy atom. The summed E-state index contributed by atoms with van der Waals surface area (Å²) in [4.78, 5) is 12.0. The van der Waals surface area contributed by atoms with Crippen molar-refractivity contribution in [3.8, 4) is 0 Å². The number of carbonyl (C=O) groups is 1. The number of carbonyl (C=O) groups excluding carboxylic acids is 1. The molecular formula is C12H21NO3. The molecule has 0 aromatic rings. The fraction of sp³-hybridized carbons (Fsp3) is 0.917. The van der Waals surface area contributed by atoms with Crippen molar-refractivity contribution in [2.45, 2.75) is 44.6 Å². The van der Waals surface area contributed by atoms with Gasteiger partial charge in [0.05, 0.1) is 11.5 Å². The molecule has 0 radical (unpaired) electrons. The van der Waals surface area contributed by atoms with E-state index in [9.17, 15) is 4.79 Å². The highest BCUT2D eigenvalue weighted by Gasteiger charge is 2.41. The maximum atomic E-state index is 12.0. The molecule has 0 bridgehead atoms. The van der Waals surface area contributed by atoms with Gasteiger partial charge in [0, 0.05) is 13.2 Å². The summed E-state index contributed by atoms with van der Waals surface area (Å²) in [7, 11) is 0. The zero-order chi connectivity index (χ0) is 11.4. The third kappa shape index (κ3) is 2.38. The molecule has 1 aliphatic carbocycles. The van der Waals surface area contributed by atoms with Crippen LogP contribution < -0.4 is 5.73 Å². The Hall–Kier alpha value is -0.610. The van der Waals surface area contributed by atoms with Gasteiger partial charge in [0.1, 0.15) is 6.61 Å². The topological polar surface area (TPSA) is 61.6 Å². The predicted octanol–water partition coefficient (Wildman–Crippen LogP) is 1.23. The van der Waals surface area contributed by atoms with Gasteiger partial charge in [-0.25, -0.2) is 0 Å². The fourth-order valence-corrected chi connectivity index (χ4v) is 2.64. The van der Waals surface area contributed by atoms with Crippen LogP contribution in [-0.2, 0) is 14.3 Å². The summed E-state index contributed by atoms with van der Waals surface area (Å²) in [5, 5.41) is 0. The van der Waals surface area contributed by atoms with E-state index in [1.54, 1.807) is 0 Å².